The van der Waals surface area contributed by atoms with E-state index < -0.39 is 5.54 Å². The molecule has 2 rings (SSSR count). The van der Waals surface area contributed by atoms with Gasteiger partial charge in [0.25, 0.3) is 0 Å². The van der Waals surface area contributed by atoms with Crippen LogP contribution in [0.4, 0.5) is 0 Å². The number of benzene rings is 1. The summed E-state index contributed by atoms with van der Waals surface area (Å²) in [5.41, 5.74) is 7.41. The van der Waals surface area contributed by atoms with Crippen molar-refractivity contribution < 1.29 is 19.0 Å². The molecule has 0 unspecified atom stereocenters. The van der Waals surface area contributed by atoms with Gasteiger partial charge in [-0.1, -0.05) is 12.1 Å². The molecule has 1 aromatic carbocycles. The summed E-state index contributed by atoms with van der Waals surface area (Å²) < 4.78 is 16.4. The van der Waals surface area contributed by atoms with E-state index in [1.54, 1.807) is 0 Å². The lowest BCUT2D eigenvalue weighted by Crippen LogP contribution is -2.56. The number of nitrogens with one attached hydrogen (secondary N) is 1. The highest BCUT2D eigenvalue weighted by Crippen LogP contribution is 2.22. The summed E-state index contributed by atoms with van der Waals surface area (Å²) in [6, 6.07) is 5.95. The highest BCUT2D eigenvalue weighted by molar-refractivity contribution is 5.86. The third kappa shape index (κ3) is 6.47. The van der Waals surface area contributed by atoms with Crippen LogP contribution in [0.5, 0.6) is 5.75 Å². The standard InChI is InChI=1S/C18H28N2O4.ClH/c1-3-22-10-11-24-16-12-14(2)4-5-15(16)13-20-17(21)18(19)6-8-23-9-7-18;/h4-5,12H,3,6-11,13,19H2,1-2H3,(H,20,21);1H. The molecular formula is C18H29ClN2O4. The zero-order valence-electron chi connectivity index (χ0n) is 15.0. The molecule has 0 spiro atoms. The molecule has 1 aliphatic heterocycles. The lowest BCUT2D eigenvalue weighted by atomic mass is 9.90. The van der Waals surface area contributed by atoms with Crippen LogP contribution in [0.15, 0.2) is 18.2 Å². The minimum Gasteiger partial charge on any atom is -0.491 e. The number of halogens is 1. The number of carbonyl (C=O) groups excluding carboxylic acids is 1. The van der Waals surface area contributed by atoms with Crippen LogP contribution in [0.2, 0.25) is 0 Å². The number of aryl methyl sites for hydroxylation is 1. The van der Waals surface area contributed by atoms with E-state index in [2.05, 4.69) is 5.32 Å². The van der Waals surface area contributed by atoms with E-state index in [-0.39, 0.29) is 18.3 Å². The lowest BCUT2D eigenvalue weighted by Gasteiger charge is -2.31. The molecule has 6 nitrogen and oxygen atoms in total. The van der Waals surface area contributed by atoms with Crippen molar-refractivity contribution in [2.45, 2.75) is 38.8 Å². The van der Waals surface area contributed by atoms with Crippen LogP contribution in [-0.2, 0) is 20.8 Å². The fraction of sp³-hybridized carbons (Fsp3) is 0.611. The molecule has 3 N–H and O–H groups in total. The van der Waals surface area contributed by atoms with Gasteiger partial charge in [-0.05, 0) is 38.3 Å². The first-order chi connectivity index (χ1) is 11.5. The van der Waals surface area contributed by atoms with Crippen LogP contribution in [0.1, 0.15) is 30.9 Å². The first-order valence-electron chi connectivity index (χ1n) is 8.50. The Kier molecular flexibility index (Phi) is 9.21. The molecule has 1 aliphatic rings. The molecule has 1 heterocycles. The second kappa shape index (κ2) is 10.6. The third-order valence-corrected chi connectivity index (χ3v) is 4.19. The lowest BCUT2D eigenvalue weighted by molar-refractivity contribution is -0.129. The van der Waals surface area contributed by atoms with E-state index >= 15 is 0 Å². The highest BCUT2D eigenvalue weighted by atomic mass is 35.5. The van der Waals surface area contributed by atoms with Crippen LogP contribution in [-0.4, -0.2) is 44.5 Å². The average molecular weight is 373 g/mol. The largest absolute Gasteiger partial charge is 0.491 e. The van der Waals surface area contributed by atoms with Crippen molar-refractivity contribution in [3.05, 3.63) is 29.3 Å². The Bertz CT molecular complexity index is 548. The number of hydrogen-bond acceptors (Lipinski definition) is 5. The number of carbonyl (C=O) groups is 1. The molecule has 1 aromatic rings. The highest BCUT2D eigenvalue weighted by Gasteiger charge is 2.35. The maximum Gasteiger partial charge on any atom is 0.240 e. The van der Waals surface area contributed by atoms with Crippen molar-refractivity contribution >= 4 is 18.3 Å². The minimum absolute atomic E-state index is 0. The molecule has 0 saturated carbocycles. The molecule has 0 aliphatic carbocycles. The van der Waals surface area contributed by atoms with Gasteiger partial charge < -0.3 is 25.3 Å². The summed E-state index contributed by atoms with van der Waals surface area (Å²) in [4.78, 5) is 12.4. The summed E-state index contributed by atoms with van der Waals surface area (Å²) in [5.74, 6) is 0.639. The van der Waals surface area contributed by atoms with E-state index in [0.717, 1.165) is 16.9 Å². The Hall–Kier alpha value is -1.34. The van der Waals surface area contributed by atoms with Gasteiger partial charge in [0, 0.05) is 31.9 Å². The number of rotatable bonds is 8. The van der Waals surface area contributed by atoms with Gasteiger partial charge in [0.2, 0.25) is 5.91 Å². The van der Waals surface area contributed by atoms with Crippen molar-refractivity contribution in [3.8, 4) is 5.75 Å². The molecule has 0 atom stereocenters. The minimum atomic E-state index is -0.834. The molecular weight excluding hydrogens is 344 g/mol. The predicted molar refractivity (Wildman–Crippen MR) is 99.2 cm³/mol. The topological polar surface area (TPSA) is 82.8 Å². The molecule has 0 radical (unpaired) electrons. The van der Waals surface area contributed by atoms with Crippen LogP contribution in [0, 0.1) is 6.92 Å². The smallest absolute Gasteiger partial charge is 0.240 e. The maximum absolute atomic E-state index is 12.4. The molecule has 1 saturated heterocycles. The van der Waals surface area contributed by atoms with Gasteiger partial charge in [0.1, 0.15) is 12.4 Å². The van der Waals surface area contributed by atoms with E-state index in [1.165, 1.54) is 0 Å². The average Bonchev–Trinajstić information content (AvgIpc) is 2.58. The van der Waals surface area contributed by atoms with Crippen molar-refractivity contribution in [1.82, 2.24) is 5.32 Å². The Morgan fingerprint density at radius 1 is 1.32 bits per heavy atom. The fourth-order valence-electron chi connectivity index (χ4n) is 2.61. The molecule has 7 heteroatoms. The predicted octanol–water partition coefficient (Wildman–Crippen LogP) is 1.96. The fourth-order valence-corrected chi connectivity index (χ4v) is 2.61. The van der Waals surface area contributed by atoms with E-state index in [1.807, 2.05) is 32.0 Å². The van der Waals surface area contributed by atoms with Gasteiger partial charge in [-0.3, -0.25) is 4.79 Å². The monoisotopic (exact) mass is 372 g/mol. The van der Waals surface area contributed by atoms with Gasteiger partial charge in [0.05, 0.1) is 12.1 Å². The van der Waals surface area contributed by atoms with E-state index in [0.29, 0.717) is 52.4 Å². The first-order valence-corrected chi connectivity index (χ1v) is 8.50. The summed E-state index contributed by atoms with van der Waals surface area (Å²) in [6.07, 6.45) is 1.09. The summed E-state index contributed by atoms with van der Waals surface area (Å²) in [5, 5.41) is 2.94. The quantitative estimate of drug-likeness (QED) is 0.681. The zero-order chi connectivity index (χ0) is 17.4. The summed E-state index contributed by atoms with van der Waals surface area (Å²) in [7, 11) is 0. The van der Waals surface area contributed by atoms with Gasteiger partial charge in [-0.25, -0.2) is 0 Å². The molecule has 0 bridgehead atoms. The van der Waals surface area contributed by atoms with Crippen LogP contribution in [0.25, 0.3) is 0 Å². The maximum atomic E-state index is 12.4. The number of nitrogens with two attached hydrogens (primary N) is 1. The molecule has 25 heavy (non-hydrogen) atoms. The second-order valence-corrected chi connectivity index (χ2v) is 6.11. The second-order valence-electron chi connectivity index (χ2n) is 6.11. The van der Waals surface area contributed by atoms with Crippen LogP contribution in [0.3, 0.4) is 0 Å². The van der Waals surface area contributed by atoms with E-state index in [4.69, 9.17) is 19.9 Å². The first kappa shape index (κ1) is 21.7. The van der Waals surface area contributed by atoms with Crippen LogP contribution < -0.4 is 15.8 Å². The van der Waals surface area contributed by atoms with Gasteiger partial charge in [-0.2, -0.15) is 0 Å². The number of hydrogen-bond donors (Lipinski definition) is 2. The molecule has 142 valence electrons. The Morgan fingerprint density at radius 2 is 2.04 bits per heavy atom. The van der Waals surface area contributed by atoms with Crippen molar-refractivity contribution in [3.63, 3.8) is 0 Å². The molecule has 1 fully saturated rings. The Balaban J connectivity index is 0.00000312. The Morgan fingerprint density at radius 3 is 2.72 bits per heavy atom. The zero-order valence-corrected chi connectivity index (χ0v) is 15.8. The third-order valence-electron chi connectivity index (χ3n) is 4.19. The SMILES string of the molecule is CCOCCOc1cc(C)ccc1CNC(=O)C1(N)CCOCC1.Cl. The molecule has 1 amide bonds. The van der Waals surface area contributed by atoms with Gasteiger partial charge >= 0.3 is 0 Å². The van der Waals surface area contributed by atoms with Crippen LogP contribution >= 0.6 is 12.4 Å². The van der Waals surface area contributed by atoms with E-state index in [9.17, 15) is 4.79 Å². The summed E-state index contributed by atoms with van der Waals surface area (Å²) >= 11 is 0. The summed E-state index contributed by atoms with van der Waals surface area (Å²) in [6.45, 7) is 7.10. The number of amides is 1. The van der Waals surface area contributed by atoms with Gasteiger partial charge in [-0.15, -0.1) is 12.4 Å². The van der Waals surface area contributed by atoms with Crippen molar-refractivity contribution in [1.29, 1.82) is 0 Å². The normalized spacial score (nSPS) is 16.0. The molecule has 0 aromatic heterocycles. The van der Waals surface area contributed by atoms with Crippen molar-refractivity contribution in [2.75, 3.05) is 33.0 Å². The Labute approximate surface area is 155 Å². The number of ether oxygens (including phenoxy) is 3. The van der Waals surface area contributed by atoms with Crippen molar-refractivity contribution in [2.24, 2.45) is 5.73 Å². The van der Waals surface area contributed by atoms with Gasteiger partial charge in [0.15, 0.2) is 0 Å².